The summed E-state index contributed by atoms with van der Waals surface area (Å²) in [5, 5.41) is 2.69. The van der Waals surface area contributed by atoms with Gasteiger partial charge in [0.25, 0.3) is 0 Å². The average molecular weight is 491 g/mol. The molecule has 0 atom stereocenters. The molecule has 0 saturated heterocycles. The second-order valence-electron chi connectivity index (χ2n) is 5.47. The predicted octanol–water partition coefficient (Wildman–Crippen LogP) is 7.74. The Hall–Kier alpha value is -0.790. The van der Waals surface area contributed by atoms with E-state index in [9.17, 15) is 0 Å². The van der Waals surface area contributed by atoms with Crippen LogP contribution in [0.4, 0.5) is 0 Å². The van der Waals surface area contributed by atoms with Gasteiger partial charge in [-0.05, 0) is 5.56 Å². The molecule has 4 rings (SSSR count). The van der Waals surface area contributed by atoms with Crippen molar-refractivity contribution in [1.29, 1.82) is 0 Å². The number of fused-ring (bicyclic) bond motifs is 1. The molecule has 27 heavy (non-hydrogen) atoms. The minimum atomic E-state index is -1.79. The molecule has 3 aromatic carbocycles. The molecule has 0 aromatic heterocycles. The molecule has 0 spiro atoms. The maximum absolute atomic E-state index is 5.15. The summed E-state index contributed by atoms with van der Waals surface area (Å²) >= 11 is -1.79. The maximum atomic E-state index is 5.15. The molecule has 0 bridgehead atoms. The minimum absolute atomic E-state index is 0. The first kappa shape index (κ1) is 26.2. The van der Waals surface area contributed by atoms with Gasteiger partial charge in [-0.2, -0.15) is 12.1 Å². The quantitative estimate of drug-likeness (QED) is 0.242. The fourth-order valence-electron chi connectivity index (χ4n) is 2.59. The molecule has 142 valence electrons. The van der Waals surface area contributed by atoms with Crippen molar-refractivity contribution >= 4 is 34.7 Å². The number of hydrogen-bond acceptors (Lipinski definition) is 0. The van der Waals surface area contributed by atoms with Gasteiger partial charge in [0.1, 0.15) is 0 Å². The summed E-state index contributed by atoms with van der Waals surface area (Å²) in [6, 6.07) is 21.6. The van der Waals surface area contributed by atoms with Gasteiger partial charge in [0.15, 0.2) is 0 Å². The van der Waals surface area contributed by atoms with Crippen LogP contribution in [0.25, 0.3) is 21.9 Å². The first-order valence-corrected chi connectivity index (χ1v) is 18.4. The van der Waals surface area contributed by atoms with Crippen LogP contribution in [0, 0.1) is 27.9 Å². The van der Waals surface area contributed by atoms with E-state index in [0.717, 1.165) is 6.42 Å². The topological polar surface area (TPSA) is 0 Å². The van der Waals surface area contributed by atoms with Crippen molar-refractivity contribution in [3.63, 3.8) is 0 Å². The average Bonchev–Trinajstić information content (AvgIpc) is 3.26. The van der Waals surface area contributed by atoms with Gasteiger partial charge in [-0.15, -0.1) is 41.0 Å². The molecular weight excluding hydrogens is 466 g/mol. The second-order valence-corrected chi connectivity index (χ2v) is 19.1. The van der Waals surface area contributed by atoms with Crippen molar-refractivity contribution < 1.29 is 18.0 Å². The molecule has 0 heterocycles. The fraction of sp³-hybridized carbons (Fsp3) is 0.0870. The van der Waals surface area contributed by atoms with Gasteiger partial charge in [0, 0.05) is 0 Å². The van der Waals surface area contributed by atoms with E-state index in [1.54, 1.807) is 0 Å². The third-order valence-electron chi connectivity index (χ3n) is 3.57. The Balaban J connectivity index is 0.000000518. The van der Waals surface area contributed by atoms with Crippen LogP contribution in [0.5, 0.6) is 0 Å². The van der Waals surface area contributed by atoms with E-state index in [0.29, 0.717) is 0 Å². The molecule has 0 unspecified atom stereocenters. The Kier molecular flexibility index (Phi) is 13.8. The van der Waals surface area contributed by atoms with E-state index in [-0.39, 0.29) is 14.9 Å². The summed E-state index contributed by atoms with van der Waals surface area (Å²) in [7, 11) is 10.3. The number of rotatable bonds is 1. The number of hydrogen-bond donors (Lipinski definition) is 0. The normalized spacial score (nSPS) is 10.6. The Morgan fingerprint density at radius 2 is 1.70 bits per heavy atom. The van der Waals surface area contributed by atoms with Crippen molar-refractivity contribution in [3.8, 4) is 11.1 Å². The summed E-state index contributed by atoms with van der Waals surface area (Å²) in [6.45, 7) is 5.19. The molecule has 0 fully saturated rings. The van der Waals surface area contributed by atoms with Gasteiger partial charge in [-0.1, -0.05) is 48.9 Å². The van der Waals surface area contributed by atoms with Crippen molar-refractivity contribution in [2.24, 2.45) is 0 Å². The first-order chi connectivity index (χ1) is 12.1. The molecule has 0 saturated carbocycles. The summed E-state index contributed by atoms with van der Waals surface area (Å²) in [5.74, 6) is 0. The molecule has 3 aromatic rings. The number of benzene rings is 2. The van der Waals surface area contributed by atoms with Gasteiger partial charge in [-0.25, -0.2) is 12.2 Å². The summed E-state index contributed by atoms with van der Waals surface area (Å²) < 4.78 is 0. The van der Waals surface area contributed by atoms with Crippen LogP contribution in [-0.2, 0) is 18.0 Å². The third kappa shape index (κ3) is 9.30. The summed E-state index contributed by atoms with van der Waals surface area (Å²) in [5.41, 5.74) is 3.95. The van der Waals surface area contributed by atoms with Gasteiger partial charge >= 0.3 is 41.9 Å². The standard InChI is InChI=1S/C16H13.C5H5.2CH3.2ClH.Si.Zr/c1-12-10-14-8-5-9-15(16(14)11-12)13-6-3-2-4-7-13;1-2-4-5-3-1;;;;;;/h2-11H,1H3;1-3H,4H2;2*1H3;2*1H;;/q4*-1;;;;+2/p-2. The molecule has 0 nitrogen and oxygen atoms in total. The molecule has 4 heteroatoms. The van der Waals surface area contributed by atoms with E-state index < -0.39 is 18.0 Å². The van der Waals surface area contributed by atoms with Crippen molar-refractivity contribution in [1.82, 2.24) is 0 Å². The molecular formula is C23H24Cl2SiZr-4. The Labute approximate surface area is 181 Å². The van der Waals surface area contributed by atoms with Crippen LogP contribution in [0.1, 0.15) is 12.0 Å². The molecule has 1 aliphatic carbocycles. The van der Waals surface area contributed by atoms with Crippen molar-refractivity contribution in [2.75, 3.05) is 0 Å². The Morgan fingerprint density at radius 1 is 1.04 bits per heavy atom. The van der Waals surface area contributed by atoms with Gasteiger partial charge < -0.3 is 14.9 Å². The van der Waals surface area contributed by atoms with Crippen LogP contribution in [0.3, 0.4) is 0 Å². The molecule has 0 aliphatic heterocycles. The first-order valence-electron chi connectivity index (χ1n) is 7.90. The van der Waals surface area contributed by atoms with E-state index in [2.05, 4.69) is 86.6 Å². The zero-order valence-electron chi connectivity index (χ0n) is 16.0. The SMILES string of the molecule is Cc1cc2c(-c3ccccc3)cccc2[cH-]1.[C-]1=CC=CC1.[CH3-].[CH3-].[Si]=[Zr]([Cl])[Cl]. The molecule has 0 amide bonds. The second kappa shape index (κ2) is 14.2. The van der Waals surface area contributed by atoms with E-state index in [1.807, 2.05) is 12.2 Å². The number of allylic oxidation sites excluding steroid dienone is 4. The fourth-order valence-corrected chi connectivity index (χ4v) is 2.59. The Bertz CT molecular complexity index is 866. The van der Waals surface area contributed by atoms with E-state index in [4.69, 9.17) is 17.0 Å². The van der Waals surface area contributed by atoms with E-state index in [1.165, 1.54) is 27.5 Å². The van der Waals surface area contributed by atoms with Crippen molar-refractivity contribution in [2.45, 2.75) is 13.3 Å². The summed E-state index contributed by atoms with van der Waals surface area (Å²) in [4.78, 5) is 0. The van der Waals surface area contributed by atoms with E-state index >= 15 is 0 Å². The zero-order chi connectivity index (χ0) is 18.1. The number of aryl methyl sites for hydroxylation is 1. The van der Waals surface area contributed by atoms with Crippen LogP contribution < -0.4 is 0 Å². The molecule has 0 N–H and O–H groups in total. The van der Waals surface area contributed by atoms with Crippen LogP contribution in [0.15, 0.2) is 78.9 Å². The van der Waals surface area contributed by atoms with Crippen molar-refractivity contribution in [3.05, 3.63) is 105 Å². The monoisotopic (exact) mass is 488 g/mol. The molecule has 2 radical (unpaired) electrons. The predicted molar refractivity (Wildman–Crippen MR) is 122 cm³/mol. The number of halogens is 2. The van der Waals surface area contributed by atoms with Crippen LogP contribution in [0.2, 0.25) is 0 Å². The van der Waals surface area contributed by atoms with Crippen LogP contribution in [-0.4, -0.2) is 6.88 Å². The van der Waals surface area contributed by atoms with Gasteiger partial charge in [0.05, 0.1) is 0 Å². The van der Waals surface area contributed by atoms with Crippen LogP contribution >= 0.6 is 17.0 Å². The van der Waals surface area contributed by atoms with Gasteiger partial charge in [0.2, 0.25) is 0 Å². The third-order valence-corrected chi connectivity index (χ3v) is 3.57. The zero-order valence-corrected chi connectivity index (χ0v) is 20.9. The Morgan fingerprint density at radius 3 is 2.22 bits per heavy atom. The summed E-state index contributed by atoms with van der Waals surface area (Å²) in [6.07, 6.45) is 10.0. The molecule has 1 aliphatic rings. The van der Waals surface area contributed by atoms with Gasteiger partial charge in [-0.3, -0.25) is 6.08 Å².